The molecule has 0 radical (unpaired) electrons. The molecule has 0 saturated carbocycles. The smallest absolute Gasteiger partial charge is 0.252 e. The minimum absolute atomic E-state index is 0.000148. The fourth-order valence-corrected chi connectivity index (χ4v) is 9.27. The van der Waals surface area contributed by atoms with Crippen LogP contribution in [0.2, 0.25) is 0 Å². The zero-order chi connectivity index (χ0) is 40.3. The van der Waals surface area contributed by atoms with Crippen LogP contribution in [0.25, 0.3) is 33.1 Å². The van der Waals surface area contributed by atoms with Gasteiger partial charge in [-0.2, -0.15) is 0 Å². The van der Waals surface area contributed by atoms with E-state index in [1.54, 1.807) is 0 Å². The third-order valence-electron chi connectivity index (χ3n) is 12.5. The van der Waals surface area contributed by atoms with E-state index >= 15 is 0 Å². The number of nitrogens with zero attached hydrogens (tertiary/aromatic N) is 2. The van der Waals surface area contributed by atoms with Gasteiger partial charge in [0.1, 0.15) is 11.2 Å². The van der Waals surface area contributed by atoms with Gasteiger partial charge in [0.25, 0.3) is 6.71 Å². The molecule has 7 aromatic carbocycles. The minimum atomic E-state index is -0.0100. The number of hydrogen-bond acceptors (Lipinski definition) is 3. The largest absolute Gasteiger partial charge is 0.456 e. The molecule has 10 rings (SSSR count). The third-order valence-corrected chi connectivity index (χ3v) is 12.5. The van der Waals surface area contributed by atoms with Gasteiger partial charge in [-0.05, 0) is 127 Å². The standard InChI is InChI=1S/C54H51BN2O/c1-52(2,3)36-21-25-39(26-22-36)56-46-17-13-18-47-51(46)55(43-27-23-38(33-48(43)56)54(7,8)9)44-32-37(53(4,5)6)24-28-45(44)57(47)40-15-12-14-34(30-40)35-20-29-50-42(31-35)41-16-10-11-19-49(41)58-50/h10-33H,1-9H3. The van der Waals surface area contributed by atoms with Crippen molar-refractivity contribution in [3.05, 3.63) is 162 Å². The van der Waals surface area contributed by atoms with E-state index in [0.717, 1.165) is 27.6 Å². The lowest BCUT2D eigenvalue weighted by Crippen LogP contribution is -2.61. The van der Waals surface area contributed by atoms with Crippen molar-refractivity contribution in [2.45, 2.75) is 78.6 Å². The lowest BCUT2D eigenvalue weighted by atomic mass is 9.33. The predicted molar refractivity (Wildman–Crippen MR) is 249 cm³/mol. The number of rotatable bonds is 3. The highest BCUT2D eigenvalue weighted by Crippen LogP contribution is 2.46. The molecule has 4 heteroatoms. The number of para-hydroxylation sites is 1. The zero-order valence-corrected chi connectivity index (χ0v) is 35.2. The summed E-state index contributed by atoms with van der Waals surface area (Å²) in [6, 6.07) is 54.7. The Hall–Kier alpha value is -6.00. The molecule has 0 unspecified atom stereocenters. The first-order valence-corrected chi connectivity index (χ1v) is 20.8. The monoisotopic (exact) mass is 754 g/mol. The van der Waals surface area contributed by atoms with Crippen molar-refractivity contribution in [3.63, 3.8) is 0 Å². The zero-order valence-electron chi connectivity index (χ0n) is 35.2. The number of furan rings is 1. The summed E-state index contributed by atoms with van der Waals surface area (Å²) in [5.74, 6) is 0. The molecule has 1 aromatic heterocycles. The van der Waals surface area contributed by atoms with Crippen molar-refractivity contribution in [2.24, 2.45) is 0 Å². The molecule has 0 aliphatic carbocycles. The van der Waals surface area contributed by atoms with Crippen molar-refractivity contribution < 1.29 is 4.42 Å². The van der Waals surface area contributed by atoms with E-state index in [4.69, 9.17) is 4.42 Å². The van der Waals surface area contributed by atoms with Crippen LogP contribution in [-0.4, -0.2) is 6.71 Å². The van der Waals surface area contributed by atoms with Crippen LogP contribution < -0.4 is 26.2 Å². The SMILES string of the molecule is CC(C)(C)c1ccc(N2c3cc(C(C)(C)C)ccc3B3c4cc(C(C)(C)C)ccc4N(c4cccc(-c5ccc6oc7ccccc7c6c5)c4)c4cccc2c43)cc1. The number of hydrogen-bond donors (Lipinski definition) is 0. The van der Waals surface area contributed by atoms with Gasteiger partial charge in [-0.1, -0.05) is 141 Å². The normalized spacial score (nSPS) is 13.8. The predicted octanol–water partition coefficient (Wildman–Crippen LogP) is 13.2. The molecule has 2 aliphatic rings. The van der Waals surface area contributed by atoms with Crippen LogP contribution in [0.5, 0.6) is 0 Å². The molecule has 8 aromatic rings. The van der Waals surface area contributed by atoms with Gasteiger partial charge in [0, 0.05) is 44.9 Å². The second-order valence-electron chi connectivity index (χ2n) is 19.5. The van der Waals surface area contributed by atoms with Gasteiger partial charge in [0.05, 0.1) is 0 Å². The Kier molecular flexibility index (Phi) is 7.99. The van der Waals surface area contributed by atoms with Crippen molar-refractivity contribution >= 4 is 79.2 Å². The van der Waals surface area contributed by atoms with Gasteiger partial charge in [-0.25, -0.2) is 0 Å². The van der Waals surface area contributed by atoms with Crippen LogP contribution >= 0.6 is 0 Å². The maximum absolute atomic E-state index is 6.21. The number of fused-ring (bicyclic) bond motifs is 7. The number of anilines is 6. The minimum Gasteiger partial charge on any atom is -0.456 e. The molecule has 58 heavy (non-hydrogen) atoms. The van der Waals surface area contributed by atoms with E-state index in [9.17, 15) is 0 Å². The molecular weight excluding hydrogens is 703 g/mol. The van der Waals surface area contributed by atoms with Crippen LogP contribution in [-0.2, 0) is 16.2 Å². The van der Waals surface area contributed by atoms with Gasteiger partial charge in [0.15, 0.2) is 0 Å². The first kappa shape index (κ1) is 36.4. The summed E-state index contributed by atoms with van der Waals surface area (Å²) in [6.45, 7) is 20.9. The van der Waals surface area contributed by atoms with Crippen LogP contribution in [0.4, 0.5) is 34.1 Å². The fourth-order valence-electron chi connectivity index (χ4n) is 9.27. The topological polar surface area (TPSA) is 19.6 Å². The van der Waals surface area contributed by atoms with Crippen molar-refractivity contribution in [2.75, 3.05) is 9.80 Å². The molecule has 286 valence electrons. The molecule has 2 aliphatic heterocycles. The van der Waals surface area contributed by atoms with Crippen molar-refractivity contribution in [1.29, 1.82) is 0 Å². The molecule has 0 spiro atoms. The van der Waals surface area contributed by atoms with E-state index in [1.165, 1.54) is 72.6 Å². The maximum atomic E-state index is 6.21. The molecule has 0 amide bonds. The molecule has 0 saturated heterocycles. The van der Waals surface area contributed by atoms with Gasteiger partial charge in [-0.3, -0.25) is 0 Å². The molecular formula is C54H51BN2O. The fraction of sp³-hybridized carbons (Fsp3) is 0.222. The number of benzene rings is 7. The highest BCUT2D eigenvalue weighted by atomic mass is 16.3. The second-order valence-corrected chi connectivity index (χ2v) is 19.5. The van der Waals surface area contributed by atoms with E-state index in [2.05, 4.69) is 206 Å². The van der Waals surface area contributed by atoms with E-state index in [1.807, 2.05) is 12.1 Å². The van der Waals surface area contributed by atoms with Crippen LogP contribution in [0.15, 0.2) is 150 Å². The van der Waals surface area contributed by atoms with E-state index < -0.39 is 0 Å². The van der Waals surface area contributed by atoms with E-state index in [-0.39, 0.29) is 23.0 Å². The average molecular weight is 755 g/mol. The van der Waals surface area contributed by atoms with Crippen LogP contribution in [0, 0.1) is 0 Å². The van der Waals surface area contributed by atoms with Gasteiger partial charge in [-0.15, -0.1) is 0 Å². The maximum Gasteiger partial charge on any atom is 0.252 e. The first-order chi connectivity index (χ1) is 27.6. The highest BCUT2D eigenvalue weighted by Gasteiger charge is 2.44. The Bertz CT molecular complexity index is 2920. The van der Waals surface area contributed by atoms with Crippen LogP contribution in [0.1, 0.15) is 79.0 Å². The van der Waals surface area contributed by atoms with Gasteiger partial charge in [0.2, 0.25) is 0 Å². The Balaban J connectivity index is 1.21. The molecule has 0 fully saturated rings. The third kappa shape index (κ3) is 5.79. The summed E-state index contributed by atoms with van der Waals surface area (Å²) in [5, 5.41) is 2.28. The molecule has 0 N–H and O–H groups in total. The molecule has 3 heterocycles. The van der Waals surface area contributed by atoms with Gasteiger partial charge >= 0.3 is 0 Å². The second kappa shape index (κ2) is 12.8. The first-order valence-electron chi connectivity index (χ1n) is 20.8. The average Bonchev–Trinajstić information content (AvgIpc) is 3.57. The molecule has 0 atom stereocenters. The quantitative estimate of drug-likeness (QED) is 0.168. The van der Waals surface area contributed by atoms with Crippen LogP contribution in [0.3, 0.4) is 0 Å². The molecule has 3 nitrogen and oxygen atoms in total. The Morgan fingerprint density at radius 1 is 0.397 bits per heavy atom. The summed E-state index contributed by atoms with van der Waals surface area (Å²) in [4.78, 5) is 5.05. The highest BCUT2D eigenvalue weighted by molar-refractivity contribution is 7.00. The van der Waals surface area contributed by atoms with Crippen molar-refractivity contribution in [3.8, 4) is 11.1 Å². The van der Waals surface area contributed by atoms with Gasteiger partial charge < -0.3 is 14.2 Å². The summed E-state index contributed by atoms with van der Waals surface area (Å²) < 4.78 is 6.21. The van der Waals surface area contributed by atoms with E-state index in [0.29, 0.717) is 0 Å². The molecule has 0 bridgehead atoms. The lowest BCUT2D eigenvalue weighted by molar-refractivity contribution is 0.590. The summed E-state index contributed by atoms with van der Waals surface area (Å²) in [6.07, 6.45) is 0. The van der Waals surface area contributed by atoms with Crippen molar-refractivity contribution in [1.82, 2.24) is 0 Å². The summed E-state index contributed by atoms with van der Waals surface area (Å²) in [5.41, 5.74) is 19.5. The Morgan fingerprint density at radius 3 is 1.72 bits per heavy atom. The Morgan fingerprint density at radius 2 is 1.00 bits per heavy atom. The Labute approximate surface area is 344 Å². The summed E-state index contributed by atoms with van der Waals surface area (Å²) >= 11 is 0. The lowest BCUT2D eigenvalue weighted by Gasteiger charge is -2.45. The summed E-state index contributed by atoms with van der Waals surface area (Å²) in [7, 11) is 0.